The third kappa shape index (κ3) is 11.4. The van der Waals surface area contributed by atoms with Crippen molar-refractivity contribution in [2.75, 3.05) is 26.2 Å². The van der Waals surface area contributed by atoms with Crippen LogP contribution in [0.2, 0.25) is 0 Å². The van der Waals surface area contributed by atoms with E-state index < -0.39 is 43.5 Å². The van der Waals surface area contributed by atoms with Crippen LogP contribution in [0.15, 0.2) is 0 Å². The number of rotatable bonds is 9. The van der Waals surface area contributed by atoms with Gasteiger partial charge in [0.2, 0.25) is 5.91 Å². The molecule has 0 aromatic carbocycles. The molecule has 0 fully saturated rings. The molecule has 0 unspecified atom stereocenters. The number of amides is 3. The number of nitrogens with one attached hydrogen (secondary N) is 2. The zero-order chi connectivity index (χ0) is 16.4. The third-order valence-corrected chi connectivity index (χ3v) is 2.35. The number of hydrogen-bond donors (Lipinski definition) is 4. The number of carboxylic acids is 2. The Morgan fingerprint density at radius 2 is 1.52 bits per heavy atom. The molecule has 120 valence electrons. The first-order valence-electron chi connectivity index (χ1n) is 6.44. The van der Waals surface area contributed by atoms with Gasteiger partial charge in [0, 0.05) is 6.54 Å². The predicted molar refractivity (Wildman–Crippen MR) is 72.7 cm³/mol. The van der Waals surface area contributed by atoms with Crippen molar-refractivity contribution in [3.05, 3.63) is 0 Å². The maximum atomic E-state index is 11.5. The Kier molecular flexibility index (Phi) is 8.70. The molecule has 0 spiro atoms. The minimum atomic E-state index is -1.26. The maximum absolute atomic E-state index is 11.5. The van der Waals surface area contributed by atoms with Crippen LogP contribution < -0.4 is 10.6 Å². The van der Waals surface area contributed by atoms with E-state index in [4.69, 9.17) is 10.2 Å². The number of carboxylic acid groups (broad SMARTS) is 2. The lowest BCUT2D eigenvalue weighted by molar-refractivity contribution is -0.142. The summed E-state index contributed by atoms with van der Waals surface area (Å²) in [6.45, 7) is 2.69. The molecule has 0 radical (unpaired) electrons. The van der Waals surface area contributed by atoms with E-state index in [9.17, 15) is 19.2 Å². The Morgan fingerprint density at radius 1 is 1.00 bits per heavy atom. The van der Waals surface area contributed by atoms with Gasteiger partial charge in [-0.3, -0.25) is 24.6 Å². The van der Waals surface area contributed by atoms with Crippen molar-refractivity contribution in [1.29, 1.82) is 0 Å². The topological polar surface area (TPSA) is 136 Å². The molecule has 4 N–H and O–H groups in total. The lowest BCUT2D eigenvalue weighted by atomic mass is 10.1. The Labute approximate surface area is 122 Å². The van der Waals surface area contributed by atoms with Crippen LogP contribution in [0.3, 0.4) is 0 Å². The fourth-order valence-corrected chi connectivity index (χ4v) is 1.44. The molecule has 3 amide bonds. The van der Waals surface area contributed by atoms with Gasteiger partial charge < -0.3 is 15.5 Å². The summed E-state index contributed by atoms with van der Waals surface area (Å²) < 4.78 is 0. The fourth-order valence-electron chi connectivity index (χ4n) is 1.44. The molecule has 0 aromatic rings. The Morgan fingerprint density at radius 3 is 1.95 bits per heavy atom. The van der Waals surface area contributed by atoms with Gasteiger partial charge in [-0.1, -0.05) is 13.8 Å². The summed E-state index contributed by atoms with van der Waals surface area (Å²) >= 11 is 0. The highest BCUT2D eigenvalue weighted by Gasteiger charge is 2.18. The SMILES string of the molecule is CC(C)CCNC(=O)NC(=O)CN(CC(=O)O)CC(=O)O. The average molecular weight is 303 g/mol. The summed E-state index contributed by atoms with van der Waals surface area (Å²) in [6.07, 6.45) is 0.756. The minimum absolute atomic E-state index is 0.405. The second-order valence-electron chi connectivity index (χ2n) is 4.92. The van der Waals surface area contributed by atoms with Crippen molar-refractivity contribution in [3.63, 3.8) is 0 Å². The van der Waals surface area contributed by atoms with E-state index >= 15 is 0 Å². The molecule has 0 aliphatic carbocycles. The molecule has 0 saturated carbocycles. The fraction of sp³-hybridized carbons (Fsp3) is 0.667. The predicted octanol–water partition coefficient (Wildman–Crippen LogP) is -0.670. The van der Waals surface area contributed by atoms with Crippen LogP contribution in [-0.4, -0.2) is 65.2 Å². The Hall–Kier alpha value is -2.16. The van der Waals surface area contributed by atoms with Gasteiger partial charge >= 0.3 is 18.0 Å². The van der Waals surface area contributed by atoms with Gasteiger partial charge in [-0.2, -0.15) is 0 Å². The van der Waals surface area contributed by atoms with Crippen molar-refractivity contribution < 1.29 is 29.4 Å². The molecule has 0 aromatic heterocycles. The second-order valence-corrected chi connectivity index (χ2v) is 4.92. The molecule has 9 heteroatoms. The molecule has 0 saturated heterocycles. The van der Waals surface area contributed by atoms with E-state index in [1.54, 1.807) is 0 Å². The number of carbonyl (C=O) groups is 4. The first kappa shape index (κ1) is 18.8. The van der Waals surface area contributed by atoms with Crippen molar-refractivity contribution >= 4 is 23.9 Å². The quantitative estimate of drug-likeness (QED) is 0.443. The number of imide groups is 1. The molecule has 0 aliphatic rings. The Bertz CT molecular complexity index is 380. The second kappa shape index (κ2) is 9.70. The van der Waals surface area contributed by atoms with Crippen LogP contribution in [0.4, 0.5) is 4.79 Å². The molecular formula is C12H21N3O6. The lowest BCUT2D eigenvalue weighted by Gasteiger charge is -2.17. The van der Waals surface area contributed by atoms with Crippen molar-refractivity contribution in [2.24, 2.45) is 5.92 Å². The average Bonchev–Trinajstić information content (AvgIpc) is 2.25. The van der Waals surface area contributed by atoms with E-state index in [0.29, 0.717) is 12.5 Å². The highest BCUT2D eigenvalue weighted by Crippen LogP contribution is 1.96. The van der Waals surface area contributed by atoms with E-state index in [1.807, 2.05) is 19.2 Å². The zero-order valence-electron chi connectivity index (χ0n) is 12.1. The molecule has 0 rings (SSSR count). The Balaban J connectivity index is 4.20. The van der Waals surface area contributed by atoms with Crippen LogP contribution in [-0.2, 0) is 14.4 Å². The van der Waals surface area contributed by atoms with Gasteiger partial charge in [0.05, 0.1) is 19.6 Å². The standard InChI is InChI=1S/C12H21N3O6/c1-8(2)3-4-13-12(21)14-9(16)5-15(6-10(17)18)7-11(19)20/h8H,3-7H2,1-2H3,(H,17,18)(H,19,20)(H2,13,14,16,21). The summed E-state index contributed by atoms with van der Waals surface area (Å²) in [7, 11) is 0. The largest absolute Gasteiger partial charge is 0.480 e. The summed E-state index contributed by atoms with van der Waals surface area (Å²) in [5.41, 5.74) is 0. The molecule has 0 aliphatic heterocycles. The van der Waals surface area contributed by atoms with Crippen LogP contribution in [0.25, 0.3) is 0 Å². The van der Waals surface area contributed by atoms with E-state index in [2.05, 4.69) is 5.32 Å². The first-order valence-corrected chi connectivity index (χ1v) is 6.44. The lowest BCUT2D eigenvalue weighted by Crippen LogP contribution is -2.46. The van der Waals surface area contributed by atoms with E-state index in [-0.39, 0.29) is 0 Å². The molecule has 0 heterocycles. The van der Waals surface area contributed by atoms with Crippen LogP contribution >= 0.6 is 0 Å². The first-order chi connectivity index (χ1) is 9.70. The highest BCUT2D eigenvalue weighted by molar-refractivity contribution is 5.95. The minimum Gasteiger partial charge on any atom is -0.480 e. The number of aliphatic carboxylic acids is 2. The van der Waals surface area contributed by atoms with Crippen LogP contribution in [0, 0.1) is 5.92 Å². The monoisotopic (exact) mass is 303 g/mol. The number of carbonyl (C=O) groups excluding carboxylic acids is 2. The van der Waals surface area contributed by atoms with Gasteiger partial charge in [0.15, 0.2) is 0 Å². The number of nitrogens with zero attached hydrogens (tertiary/aromatic N) is 1. The van der Waals surface area contributed by atoms with Gasteiger partial charge in [-0.05, 0) is 12.3 Å². The van der Waals surface area contributed by atoms with Gasteiger partial charge in [0.25, 0.3) is 0 Å². The molecule has 21 heavy (non-hydrogen) atoms. The number of hydrogen-bond acceptors (Lipinski definition) is 5. The zero-order valence-corrected chi connectivity index (χ0v) is 12.1. The van der Waals surface area contributed by atoms with Gasteiger partial charge in [0.1, 0.15) is 0 Å². The van der Waals surface area contributed by atoms with Crippen molar-refractivity contribution in [1.82, 2.24) is 15.5 Å². The van der Waals surface area contributed by atoms with E-state index in [0.717, 1.165) is 11.3 Å². The highest BCUT2D eigenvalue weighted by atomic mass is 16.4. The van der Waals surface area contributed by atoms with Crippen molar-refractivity contribution in [2.45, 2.75) is 20.3 Å². The molecule has 0 bridgehead atoms. The number of urea groups is 1. The summed E-state index contributed by atoms with van der Waals surface area (Å²) in [5, 5.41) is 21.7. The van der Waals surface area contributed by atoms with Gasteiger partial charge in [-0.25, -0.2) is 4.79 Å². The normalized spacial score (nSPS) is 10.5. The van der Waals surface area contributed by atoms with Crippen LogP contribution in [0.5, 0.6) is 0 Å². The molecular weight excluding hydrogens is 282 g/mol. The summed E-state index contributed by atoms with van der Waals surface area (Å²) in [4.78, 5) is 44.9. The van der Waals surface area contributed by atoms with E-state index in [1.165, 1.54) is 0 Å². The van der Waals surface area contributed by atoms with Gasteiger partial charge in [-0.15, -0.1) is 0 Å². The summed E-state index contributed by atoms with van der Waals surface area (Å²) in [6, 6.07) is -0.689. The van der Waals surface area contributed by atoms with Crippen LogP contribution in [0.1, 0.15) is 20.3 Å². The molecule has 9 nitrogen and oxygen atoms in total. The third-order valence-electron chi connectivity index (χ3n) is 2.35. The summed E-state index contributed by atoms with van der Waals surface area (Å²) in [5.74, 6) is -2.88. The maximum Gasteiger partial charge on any atom is 0.321 e. The molecule has 0 atom stereocenters. The van der Waals surface area contributed by atoms with Crippen molar-refractivity contribution in [3.8, 4) is 0 Å². The smallest absolute Gasteiger partial charge is 0.321 e.